The van der Waals surface area contributed by atoms with Crippen LogP contribution in [-0.4, -0.2) is 13.2 Å². The van der Waals surface area contributed by atoms with Crippen molar-refractivity contribution in [2.75, 3.05) is 17.7 Å². The molecular formula is C16H14ClN3O2. The minimum atomic E-state index is -0.502. The van der Waals surface area contributed by atoms with E-state index in [-0.39, 0.29) is 0 Å². The predicted octanol–water partition coefficient (Wildman–Crippen LogP) is 4.00. The number of hydrogen-bond donors (Lipinski definition) is 2. The second-order valence-corrected chi connectivity index (χ2v) is 4.88. The number of nitrogens with zero attached hydrogens (tertiary/aromatic N) is 1. The molecule has 0 bridgehead atoms. The van der Waals surface area contributed by atoms with Gasteiger partial charge in [-0.15, -0.1) is 0 Å². The minimum Gasteiger partial charge on any atom is -0.453 e. The third-order valence-corrected chi connectivity index (χ3v) is 3.28. The highest BCUT2D eigenvalue weighted by atomic mass is 35.5. The van der Waals surface area contributed by atoms with Crippen LogP contribution in [-0.2, 0) is 11.3 Å². The molecule has 1 amide bonds. The van der Waals surface area contributed by atoms with Crippen molar-refractivity contribution in [3.63, 3.8) is 0 Å². The van der Waals surface area contributed by atoms with Gasteiger partial charge in [-0.3, -0.25) is 5.32 Å². The Kier molecular flexibility index (Phi) is 5.23. The SMILES string of the molecule is COC(=O)Nc1ccc(CNc2ccc(C#N)c(Cl)c2)cc1. The molecule has 0 fully saturated rings. The molecule has 0 spiro atoms. The van der Waals surface area contributed by atoms with Gasteiger partial charge >= 0.3 is 6.09 Å². The standard InChI is InChI=1S/C16H14ClN3O2/c1-22-16(21)20-13-5-2-11(3-6-13)10-19-14-7-4-12(9-18)15(17)8-14/h2-8,19H,10H2,1H3,(H,20,21). The molecule has 0 heterocycles. The van der Waals surface area contributed by atoms with Crippen LogP contribution in [0.15, 0.2) is 42.5 Å². The lowest BCUT2D eigenvalue weighted by Crippen LogP contribution is -2.10. The van der Waals surface area contributed by atoms with Crippen molar-refractivity contribution in [3.8, 4) is 6.07 Å². The van der Waals surface area contributed by atoms with E-state index in [2.05, 4.69) is 15.4 Å². The molecule has 0 aromatic heterocycles. The van der Waals surface area contributed by atoms with Crippen molar-refractivity contribution >= 4 is 29.1 Å². The summed E-state index contributed by atoms with van der Waals surface area (Å²) in [4.78, 5) is 11.1. The Morgan fingerprint density at radius 3 is 2.50 bits per heavy atom. The highest BCUT2D eigenvalue weighted by Gasteiger charge is 2.02. The van der Waals surface area contributed by atoms with Gasteiger partial charge in [0.15, 0.2) is 0 Å². The summed E-state index contributed by atoms with van der Waals surface area (Å²) in [6.07, 6.45) is -0.502. The van der Waals surface area contributed by atoms with Crippen LogP contribution in [0.25, 0.3) is 0 Å². The molecule has 2 aromatic rings. The summed E-state index contributed by atoms with van der Waals surface area (Å²) in [5, 5.41) is 15.1. The number of anilines is 2. The van der Waals surface area contributed by atoms with Crippen molar-refractivity contribution in [1.82, 2.24) is 0 Å². The Bertz CT molecular complexity index is 708. The first-order valence-electron chi connectivity index (χ1n) is 6.50. The molecule has 5 nitrogen and oxygen atoms in total. The van der Waals surface area contributed by atoms with Crippen LogP contribution in [0.5, 0.6) is 0 Å². The van der Waals surface area contributed by atoms with Gasteiger partial charge in [-0.2, -0.15) is 5.26 Å². The Hall–Kier alpha value is -2.71. The average molecular weight is 316 g/mol. The predicted molar refractivity (Wildman–Crippen MR) is 86.0 cm³/mol. The van der Waals surface area contributed by atoms with E-state index in [0.29, 0.717) is 22.8 Å². The number of hydrogen-bond acceptors (Lipinski definition) is 4. The number of carbonyl (C=O) groups is 1. The van der Waals surface area contributed by atoms with Crippen molar-refractivity contribution in [1.29, 1.82) is 5.26 Å². The Morgan fingerprint density at radius 2 is 1.91 bits per heavy atom. The summed E-state index contributed by atoms with van der Waals surface area (Å²) in [6.45, 7) is 0.598. The largest absolute Gasteiger partial charge is 0.453 e. The van der Waals surface area contributed by atoms with Crippen LogP contribution in [0.3, 0.4) is 0 Å². The summed E-state index contributed by atoms with van der Waals surface area (Å²) in [5.41, 5.74) is 2.99. The molecule has 6 heteroatoms. The monoisotopic (exact) mass is 315 g/mol. The molecular weight excluding hydrogens is 302 g/mol. The van der Waals surface area contributed by atoms with Gasteiger partial charge in [0.2, 0.25) is 0 Å². The van der Waals surface area contributed by atoms with Crippen molar-refractivity contribution in [2.45, 2.75) is 6.54 Å². The van der Waals surface area contributed by atoms with Crippen LogP contribution >= 0.6 is 11.6 Å². The number of benzene rings is 2. The van der Waals surface area contributed by atoms with Gasteiger partial charge in [0, 0.05) is 17.9 Å². The van der Waals surface area contributed by atoms with Gasteiger partial charge in [-0.05, 0) is 35.9 Å². The zero-order chi connectivity index (χ0) is 15.9. The maximum Gasteiger partial charge on any atom is 0.411 e. The van der Waals surface area contributed by atoms with E-state index in [1.807, 2.05) is 18.2 Å². The first-order chi connectivity index (χ1) is 10.6. The molecule has 22 heavy (non-hydrogen) atoms. The van der Waals surface area contributed by atoms with Crippen molar-refractivity contribution < 1.29 is 9.53 Å². The maximum absolute atomic E-state index is 11.1. The summed E-state index contributed by atoms with van der Waals surface area (Å²) >= 11 is 5.98. The molecule has 0 unspecified atom stereocenters. The Morgan fingerprint density at radius 1 is 1.23 bits per heavy atom. The van der Waals surface area contributed by atoms with Gasteiger partial charge < -0.3 is 10.1 Å². The summed E-state index contributed by atoms with van der Waals surface area (Å²) in [5.74, 6) is 0. The Balaban J connectivity index is 1.96. The number of nitriles is 1. The molecule has 0 saturated carbocycles. The van der Waals surface area contributed by atoms with Crippen LogP contribution in [0, 0.1) is 11.3 Å². The van der Waals surface area contributed by atoms with Crippen molar-refractivity contribution in [3.05, 3.63) is 58.6 Å². The first kappa shape index (κ1) is 15.7. The van der Waals surface area contributed by atoms with Gasteiger partial charge in [-0.25, -0.2) is 4.79 Å². The zero-order valence-electron chi connectivity index (χ0n) is 11.9. The van der Waals surface area contributed by atoms with E-state index < -0.39 is 6.09 Å². The van der Waals surface area contributed by atoms with Gasteiger partial charge in [0.1, 0.15) is 6.07 Å². The highest BCUT2D eigenvalue weighted by Crippen LogP contribution is 2.21. The van der Waals surface area contributed by atoms with Crippen LogP contribution in [0.2, 0.25) is 5.02 Å². The maximum atomic E-state index is 11.1. The van der Waals surface area contributed by atoms with Crippen LogP contribution in [0.1, 0.15) is 11.1 Å². The smallest absolute Gasteiger partial charge is 0.411 e. The van der Waals surface area contributed by atoms with Gasteiger partial charge in [0.05, 0.1) is 17.7 Å². The molecule has 2 N–H and O–H groups in total. The normalized spacial score (nSPS) is 9.68. The lowest BCUT2D eigenvalue weighted by molar-refractivity contribution is 0.187. The average Bonchev–Trinajstić information content (AvgIpc) is 2.54. The van der Waals surface area contributed by atoms with E-state index in [1.165, 1.54) is 7.11 Å². The fraction of sp³-hybridized carbons (Fsp3) is 0.125. The summed E-state index contributed by atoms with van der Waals surface area (Å²) in [6, 6.07) is 14.6. The molecule has 0 saturated heterocycles. The molecule has 2 rings (SSSR count). The van der Waals surface area contributed by atoms with Gasteiger partial charge in [-0.1, -0.05) is 23.7 Å². The van der Waals surface area contributed by atoms with E-state index in [1.54, 1.807) is 30.3 Å². The molecule has 0 aliphatic rings. The summed E-state index contributed by atoms with van der Waals surface area (Å²) in [7, 11) is 1.32. The van der Waals surface area contributed by atoms with Crippen LogP contribution < -0.4 is 10.6 Å². The lowest BCUT2D eigenvalue weighted by atomic mass is 10.2. The highest BCUT2D eigenvalue weighted by molar-refractivity contribution is 6.32. The third kappa shape index (κ3) is 4.14. The molecule has 0 aliphatic heterocycles. The molecule has 0 radical (unpaired) electrons. The lowest BCUT2D eigenvalue weighted by Gasteiger charge is -2.09. The Labute approximate surface area is 133 Å². The van der Waals surface area contributed by atoms with Crippen molar-refractivity contribution in [2.24, 2.45) is 0 Å². The molecule has 2 aromatic carbocycles. The number of halogens is 1. The first-order valence-corrected chi connectivity index (χ1v) is 6.87. The van der Waals surface area contributed by atoms with E-state index in [9.17, 15) is 4.79 Å². The van der Waals surface area contributed by atoms with E-state index in [0.717, 1.165) is 11.3 Å². The van der Waals surface area contributed by atoms with Gasteiger partial charge in [0.25, 0.3) is 0 Å². The topological polar surface area (TPSA) is 74.2 Å². The number of amides is 1. The number of methoxy groups -OCH3 is 1. The molecule has 0 atom stereocenters. The minimum absolute atomic E-state index is 0.421. The van der Waals surface area contributed by atoms with E-state index >= 15 is 0 Å². The summed E-state index contributed by atoms with van der Waals surface area (Å²) < 4.78 is 4.52. The quantitative estimate of drug-likeness (QED) is 0.894. The fourth-order valence-corrected chi connectivity index (χ4v) is 2.02. The third-order valence-electron chi connectivity index (χ3n) is 2.97. The second-order valence-electron chi connectivity index (χ2n) is 4.47. The molecule has 112 valence electrons. The van der Waals surface area contributed by atoms with E-state index in [4.69, 9.17) is 16.9 Å². The number of rotatable bonds is 4. The molecule has 0 aliphatic carbocycles. The number of ether oxygens (including phenoxy) is 1. The fourth-order valence-electron chi connectivity index (χ4n) is 1.79. The second kappa shape index (κ2) is 7.34. The van der Waals surface area contributed by atoms with Crippen LogP contribution in [0.4, 0.5) is 16.2 Å². The number of nitrogens with one attached hydrogen (secondary N) is 2. The zero-order valence-corrected chi connectivity index (χ0v) is 12.6. The number of carbonyl (C=O) groups excluding carboxylic acids is 1.